The molecule has 2 heterocycles. The summed E-state index contributed by atoms with van der Waals surface area (Å²) in [6.45, 7) is 0. The quantitative estimate of drug-likeness (QED) is 0.737. The molecule has 0 aliphatic heterocycles. The third kappa shape index (κ3) is 3.52. The van der Waals surface area contributed by atoms with Crippen molar-refractivity contribution in [1.29, 1.82) is 0 Å². The monoisotopic (exact) mass is 395 g/mol. The van der Waals surface area contributed by atoms with Gasteiger partial charge in [-0.3, -0.25) is 14.0 Å². The number of alkyl halides is 3. The van der Waals surface area contributed by atoms with Crippen molar-refractivity contribution in [3.63, 3.8) is 0 Å². The Morgan fingerprint density at radius 3 is 2.89 bits per heavy atom. The van der Waals surface area contributed by atoms with Gasteiger partial charge in [-0.15, -0.1) is 24.5 Å². The number of para-hydroxylation sites is 1. The number of nitrogens with one attached hydrogen (secondary N) is 1. The first kappa shape index (κ1) is 17.5. The number of carbonyl (C=O) groups excluding carboxylic acids is 1. The van der Waals surface area contributed by atoms with Crippen LogP contribution in [0.3, 0.4) is 0 Å². The fourth-order valence-electron chi connectivity index (χ4n) is 2.93. The van der Waals surface area contributed by atoms with E-state index in [2.05, 4.69) is 15.0 Å². The van der Waals surface area contributed by atoms with Crippen LogP contribution in [0.25, 0.3) is 4.96 Å². The Morgan fingerprint density at radius 1 is 1.33 bits per heavy atom. The fourth-order valence-corrected chi connectivity index (χ4v) is 3.60. The van der Waals surface area contributed by atoms with Gasteiger partial charge in [0.2, 0.25) is 0 Å². The molecule has 1 fully saturated rings. The van der Waals surface area contributed by atoms with Gasteiger partial charge in [0.05, 0.1) is 0 Å². The maximum atomic E-state index is 12.5. The van der Waals surface area contributed by atoms with Crippen molar-refractivity contribution in [3.8, 4) is 5.75 Å². The summed E-state index contributed by atoms with van der Waals surface area (Å²) in [4.78, 5) is 29.2. The van der Waals surface area contributed by atoms with Crippen LogP contribution < -0.4 is 15.6 Å². The van der Waals surface area contributed by atoms with E-state index >= 15 is 0 Å². The minimum Gasteiger partial charge on any atom is -0.405 e. The lowest BCUT2D eigenvalue weighted by atomic mass is 10.1. The van der Waals surface area contributed by atoms with Crippen LogP contribution in [0.2, 0.25) is 0 Å². The van der Waals surface area contributed by atoms with E-state index in [1.165, 1.54) is 46.3 Å². The molecule has 1 saturated carbocycles. The summed E-state index contributed by atoms with van der Waals surface area (Å²) in [6.07, 6.45) is -1.60. The zero-order valence-electron chi connectivity index (χ0n) is 13.6. The molecule has 140 valence electrons. The molecule has 1 aliphatic rings. The lowest BCUT2D eigenvalue weighted by Gasteiger charge is -2.13. The molecule has 0 spiro atoms. The molecule has 27 heavy (non-hydrogen) atoms. The van der Waals surface area contributed by atoms with E-state index in [9.17, 15) is 22.8 Å². The number of ether oxygens (including phenoxy) is 1. The summed E-state index contributed by atoms with van der Waals surface area (Å²) in [5, 5.41) is 4.36. The molecule has 0 bridgehead atoms. The maximum Gasteiger partial charge on any atom is 0.573 e. The second-order valence-corrected chi connectivity index (χ2v) is 6.91. The summed E-state index contributed by atoms with van der Waals surface area (Å²) >= 11 is 1.27. The molecule has 1 aliphatic carbocycles. The predicted molar refractivity (Wildman–Crippen MR) is 91.1 cm³/mol. The average Bonchev–Trinajstić information content (AvgIpc) is 3.16. The second kappa shape index (κ2) is 6.38. The lowest BCUT2D eigenvalue weighted by Crippen LogP contribution is -2.33. The lowest BCUT2D eigenvalue weighted by molar-refractivity contribution is -0.274. The van der Waals surface area contributed by atoms with Gasteiger partial charge in [-0.1, -0.05) is 18.2 Å². The molecule has 2 aromatic heterocycles. The van der Waals surface area contributed by atoms with Crippen molar-refractivity contribution >= 4 is 22.2 Å². The first-order chi connectivity index (χ1) is 12.8. The van der Waals surface area contributed by atoms with Crippen molar-refractivity contribution < 1.29 is 22.7 Å². The number of halogens is 3. The fraction of sp³-hybridized carbons (Fsp3) is 0.235. The van der Waals surface area contributed by atoms with Crippen LogP contribution in [0.1, 0.15) is 28.3 Å². The van der Waals surface area contributed by atoms with Gasteiger partial charge in [0, 0.05) is 29.7 Å². The molecule has 0 saturated heterocycles. The summed E-state index contributed by atoms with van der Waals surface area (Å²) in [5.74, 6) is -1.20. The molecule has 6 nitrogen and oxygen atoms in total. The normalized spacial score (nSPS) is 19.1. The smallest absolute Gasteiger partial charge is 0.405 e. The Balaban J connectivity index is 1.51. The van der Waals surface area contributed by atoms with Crippen LogP contribution in [-0.4, -0.2) is 27.7 Å². The van der Waals surface area contributed by atoms with E-state index in [4.69, 9.17) is 0 Å². The highest BCUT2D eigenvalue weighted by molar-refractivity contribution is 7.15. The van der Waals surface area contributed by atoms with Crippen molar-refractivity contribution in [3.05, 3.63) is 63.5 Å². The number of hydrogen-bond donors (Lipinski definition) is 1. The molecule has 3 aromatic rings. The predicted octanol–water partition coefficient (Wildman–Crippen LogP) is 2.94. The molecule has 1 aromatic carbocycles. The number of rotatable bonds is 4. The van der Waals surface area contributed by atoms with Crippen LogP contribution in [0, 0.1) is 0 Å². The number of fused-ring (bicyclic) bond motifs is 1. The SMILES string of the molecule is O=C(N[C@H]1C[C@@H]1c1ccccc1OC(F)(F)F)c1cnc2sccn2c1=O. The average molecular weight is 395 g/mol. The number of aromatic nitrogens is 2. The zero-order chi connectivity index (χ0) is 19.2. The number of carbonyl (C=O) groups is 1. The molecule has 1 N–H and O–H groups in total. The van der Waals surface area contributed by atoms with Crippen molar-refractivity contribution in [2.75, 3.05) is 0 Å². The minimum atomic E-state index is -4.79. The molecule has 2 atom stereocenters. The van der Waals surface area contributed by atoms with Crippen LogP contribution in [0.5, 0.6) is 5.75 Å². The number of benzene rings is 1. The van der Waals surface area contributed by atoms with Gasteiger partial charge < -0.3 is 10.1 Å². The van der Waals surface area contributed by atoms with Gasteiger partial charge in [-0.25, -0.2) is 4.98 Å². The first-order valence-corrected chi connectivity index (χ1v) is 8.82. The van der Waals surface area contributed by atoms with E-state index in [-0.39, 0.29) is 23.3 Å². The third-order valence-corrected chi connectivity index (χ3v) is 5.01. The van der Waals surface area contributed by atoms with E-state index < -0.39 is 17.8 Å². The molecule has 4 rings (SSSR count). The van der Waals surface area contributed by atoms with E-state index in [0.717, 1.165) is 0 Å². The van der Waals surface area contributed by atoms with Crippen LogP contribution in [0.15, 0.2) is 46.8 Å². The van der Waals surface area contributed by atoms with Crippen LogP contribution in [0.4, 0.5) is 13.2 Å². The molecule has 0 radical (unpaired) electrons. The zero-order valence-corrected chi connectivity index (χ0v) is 14.4. The molecule has 1 amide bonds. The van der Waals surface area contributed by atoms with E-state index in [0.29, 0.717) is 16.9 Å². The first-order valence-electron chi connectivity index (χ1n) is 7.94. The Hall–Kier alpha value is -2.88. The summed E-state index contributed by atoms with van der Waals surface area (Å²) in [6, 6.07) is 5.45. The Kier molecular flexibility index (Phi) is 4.14. The van der Waals surface area contributed by atoms with Crippen molar-refractivity contribution in [2.24, 2.45) is 0 Å². The Bertz CT molecular complexity index is 1080. The Morgan fingerprint density at radius 2 is 2.11 bits per heavy atom. The highest BCUT2D eigenvalue weighted by atomic mass is 32.1. The maximum absolute atomic E-state index is 12.5. The standard InChI is InChI=1S/C17H12F3N3O3S/c18-17(19,20)26-13-4-2-1-3-9(13)10-7-12(10)22-14(24)11-8-21-16-23(15(11)25)5-6-27-16/h1-6,8,10,12H,7H2,(H,22,24)/t10-,12+/m1/s1. The second-order valence-electron chi connectivity index (χ2n) is 6.04. The third-order valence-electron chi connectivity index (χ3n) is 4.24. The van der Waals surface area contributed by atoms with Crippen molar-refractivity contribution in [2.45, 2.75) is 24.7 Å². The summed E-state index contributed by atoms with van der Waals surface area (Å²) in [5.41, 5.74) is -0.239. The molecule has 0 unspecified atom stereocenters. The minimum absolute atomic E-state index is 0.114. The van der Waals surface area contributed by atoms with Gasteiger partial charge in [0.1, 0.15) is 11.3 Å². The van der Waals surface area contributed by atoms with Gasteiger partial charge in [0.15, 0.2) is 4.96 Å². The number of hydrogen-bond acceptors (Lipinski definition) is 5. The number of nitrogens with zero attached hydrogens (tertiary/aromatic N) is 2. The van der Waals surface area contributed by atoms with E-state index in [1.807, 2.05) is 0 Å². The number of thiazole rings is 1. The van der Waals surface area contributed by atoms with Crippen LogP contribution in [-0.2, 0) is 0 Å². The molecular formula is C17H12F3N3O3S. The van der Waals surface area contributed by atoms with Gasteiger partial charge in [0.25, 0.3) is 11.5 Å². The highest BCUT2D eigenvalue weighted by Gasteiger charge is 2.43. The van der Waals surface area contributed by atoms with Crippen molar-refractivity contribution in [1.82, 2.24) is 14.7 Å². The molecular weight excluding hydrogens is 383 g/mol. The highest BCUT2D eigenvalue weighted by Crippen LogP contribution is 2.45. The summed E-state index contributed by atoms with van der Waals surface area (Å²) < 4.78 is 43.0. The number of amides is 1. The Labute approximate surface area is 154 Å². The largest absolute Gasteiger partial charge is 0.573 e. The molecule has 10 heteroatoms. The van der Waals surface area contributed by atoms with E-state index in [1.54, 1.807) is 11.4 Å². The van der Waals surface area contributed by atoms with Gasteiger partial charge >= 0.3 is 6.36 Å². The van der Waals surface area contributed by atoms with Gasteiger partial charge in [-0.05, 0) is 18.1 Å². The van der Waals surface area contributed by atoms with Crippen LogP contribution >= 0.6 is 11.3 Å². The topological polar surface area (TPSA) is 72.7 Å². The summed E-state index contributed by atoms with van der Waals surface area (Å²) in [7, 11) is 0. The van der Waals surface area contributed by atoms with Gasteiger partial charge in [-0.2, -0.15) is 0 Å².